The van der Waals surface area contributed by atoms with Gasteiger partial charge in [-0.3, -0.25) is 9.88 Å². The molecule has 1 aromatic carbocycles. The second-order valence-electron chi connectivity index (χ2n) is 8.23. The van der Waals surface area contributed by atoms with Crippen molar-refractivity contribution < 1.29 is 14.7 Å². The highest BCUT2D eigenvalue weighted by molar-refractivity contribution is 5.90. The minimum atomic E-state index is -0.561. The van der Waals surface area contributed by atoms with Crippen molar-refractivity contribution in [1.29, 1.82) is 0 Å². The fraction of sp³-hybridized carbons (Fsp3) is 0.545. The van der Waals surface area contributed by atoms with E-state index < -0.39 is 6.10 Å². The van der Waals surface area contributed by atoms with Gasteiger partial charge in [0.2, 0.25) is 0 Å². The Morgan fingerprint density at radius 3 is 2.86 bits per heavy atom. The number of oxime groups is 1. The molecule has 1 N–H and O–H groups in total. The van der Waals surface area contributed by atoms with Crippen LogP contribution in [0.2, 0.25) is 0 Å². The molecule has 1 saturated carbocycles. The number of pyridine rings is 1. The number of methoxy groups -OCH3 is 1. The Hall–Kier alpha value is -2.18. The monoisotopic (exact) mass is 381 g/mol. The average molecular weight is 381 g/mol. The van der Waals surface area contributed by atoms with E-state index in [0.29, 0.717) is 12.0 Å². The van der Waals surface area contributed by atoms with Crippen LogP contribution in [-0.2, 0) is 4.84 Å². The molecule has 6 nitrogen and oxygen atoms in total. The number of hydrogen-bond acceptors (Lipinski definition) is 6. The summed E-state index contributed by atoms with van der Waals surface area (Å²) >= 11 is 0. The lowest BCUT2D eigenvalue weighted by molar-refractivity contribution is -0.00856. The molecule has 2 aromatic rings. The van der Waals surface area contributed by atoms with Gasteiger partial charge in [0.05, 0.1) is 24.4 Å². The predicted octanol–water partition coefficient (Wildman–Crippen LogP) is 3.30. The van der Waals surface area contributed by atoms with Crippen molar-refractivity contribution in [2.24, 2.45) is 11.1 Å². The first-order valence-electron chi connectivity index (χ1n) is 10.3. The first-order valence-corrected chi connectivity index (χ1v) is 10.3. The van der Waals surface area contributed by atoms with Crippen LogP contribution in [0.5, 0.6) is 5.75 Å². The minimum absolute atomic E-state index is 0.0956. The number of benzene rings is 1. The van der Waals surface area contributed by atoms with E-state index in [-0.39, 0.29) is 6.04 Å². The van der Waals surface area contributed by atoms with E-state index in [1.165, 1.54) is 6.42 Å². The molecule has 28 heavy (non-hydrogen) atoms. The highest BCUT2D eigenvalue weighted by Gasteiger charge is 2.42. The van der Waals surface area contributed by atoms with Crippen LogP contribution < -0.4 is 4.74 Å². The number of aromatic nitrogens is 1. The molecule has 2 bridgehead atoms. The SMILES string of the molecule is COc1ccc2nccc([C@@H](O)[C@@H]3C[C@@H]4CCN3CC4=NOC3CCC3)c2c1. The maximum atomic E-state index is 11.3. The van der Waals surface area contributed by atoms with Crippen molar-refractivity contribution in [3.8, 4) is 5.75 Å². The summed E-state index contributed by atoms with van der Waals surface area (Å²) in [6, 6.07) is 7.85. The summed E-state index contributed by atoms with van der Waals surface area (Å²) in [4.78, 5) is 12.5. The smallest absolute Gasteiger partial charge is 0.127 e. The largest absolute Gasteiger partial charge is 0.497 e. The Labute approximate surface area is 165 Å². The normalized spacial score (nSPS) is 29.6. The third-order valence-corrected chi connectivity index (χ3v) is 6.63. The van der Waals surface area contributed by atoms with E-state index in [9.17, 15) is 5.11 Å². The van der Waals surface area contributed by atoms with Gasteiger partial charge in [-0.25, -0.2) is 0 Å². The van der Waals surface area contributed by atoms with Crippen LogP contribution in [0.1, 0.15) is 43.8 Å². The maximum absolute atomic E-state index is 11.3. The highest BCUT2D eigenvalue weighted by atomic mass is 16.6. The fourth-order valence-electron chi connectivity index (χ4n) is 4.67. The third-order valence-electron chi connectivity index (χ3n) is 6.63. The number of piperidine rings is 3. The molecule has 1 unspecified atom stereocenters. The van der Waals surface area contributed by atoms with Gasteiger partial charge < -0.3 is 14.7 Å². The molecular formula is C22H27N3O3. The third kappa shape index (κ3) is 3.14. The fourth-order valence-corrected chi connectivity index (χ4v) is 4.67. The molecule has 3 aliphatic heterocycles. The Morgan fingerprint density at radius 2 is 2.14 bits per heavy atom. The first kappa shape index (κ1) is 17.9. The second-order valence-corrected chi connectivity index (χ2v) is 8.23. The van der Waals surface area contributed by atoms with Gasteiger partial charge in [-0.05, 0) is 68.5 Å². The van der Waals surface area contributed by atoms with Gasteiger partial charge in [0.1, 0.15) is 11.9 Å². The number of nitrogens with zero attached hydrogens (tertiary/aromatic N) is 3. The van der Waals surface area contributed by atoms with Gasteiger partial charge in [-0.1, -0.05) is 5.16 Å². The molecule has 4 fully saturated rings. The Morgan fingerprint density at radius 1 is 1.25 bits per heavy atom. The number of ether oxygens (including phenoxy) is 1. The van der Waals surface area contributed by atoms with Gasteiger partial charge >= 0.3 is 0 Å². The lowest BCUT2D eigenvalue weighted by Crippen LogP contribution is -2.55. The van der Waals surface area contributed by atoms with Gasteiger partial charge in [0, 0.05) is 30.1 Å². The molecule has 4 aliphatic rings. The van der Waals surface area contributed by atoms with E-state index in [1.54, 1.807) is 13.3 Å². The van der Waals surface area contributed by atoms with E-state index in [2.05, 4.69) is 15.0 Å². The van der Waals surface area contributed by atoms with E-state index in [4.69, 9.17) is 9.57 Å². The van der Waals surface area contributed by atoms with Crippen LogP contribution in [0.3, 0.4) is 0 Å². The molecule has 6 heteroatoms. The minimum Gasteiger partial charge on any atom is -0.497 e. The molecule has 148 valence electrons. The zero-order valence-electron chi connectivity index (χ0n) is 16.3. The summed E-state index contributed by atoms with van der Waals surface area (Å²) in [5.41, 5.74) is 2.96. The van der Waals surface area contributed by atoms with Crippen LogP contribution in [0.25, 0.3) is 10.9 Å². The van der Waals surface area contributed by atoms with Crippen molar-refractivity contribution in [3.05, 3.63) is 36.0 Å². The summed E-state index contributed by atoms with van der Waals surface area (Å²) < 4.78 is 5.38. The van der Waals surface area contributed by atoms with Crippen LogP contribution in [0.4, 0.5) is 0 Å². The molecule has 4 atom stereocenters. The summed E-state index contributed by atoms with van der Waals surface area (Å²) in [5.74, 6) is 1.19. The van der Waals surface area contributed by atoms with Gasteiger partial charge in [-0.15, -0.1) is 0 Å². The number of fused-ring (bicyclic) bond motifs is 4. The lowest BCUT2D eigenvalue weighted by atomic mass is 9.78. The van der Waals surface area contributed by atoms with E-state index in [0.717, 1.165) is 66.7 Å². The molecule has 1 aromatic heterocycles. The molecule has 0 spiro atoms. The highest BCUT2D eigenvalue weighted by Crippen LogP contribution is 2.39. The van der Waals surface area contributed by atoms with Crippen LogP contribution in [-0.4, -0.2) is 53.0 Å². The zero-order valence-corrected chi connectivity index (χ0v) is 16.3. The predicted molar refractivity (Wildman–Crippen MR) is 107 cm³/mol. The van der Waals surface area contributed by atoms with Crippen LogP contribution >= 0.6 is 0 Å². The van der Waals surface area contributed by atoms with Crippen LogP contribution in [0.15, 0.2) is 35.6 Å². The summed E-state index contributed by atoms with van der Waals surface area (Å²) in [5, 5.41) is 16.8. The number of hydrogen-bond donors (Lipinski definition) is 1. The van der Waals surface area contributed by atoms with Crippen molar-refractivity contribution in [1.82, 2.24) is 9.88 Å². The summed E-state index contributed by atoms with van der Waals surface area (Å²) in [6.07, 6.45) is 7.07. The van der Waals surface area contributed by atoms with Crippen LogP contribution in [0, 0.1) is 5.92 Å². The molecule has 0 radical (unpaired) electrons. The number of rotatable bonds is 5. The second kappa shape index (κ2) is 7.33. The molecule has 6 rings (SSSR count). The van der Waals surface area contributed by atoms with Crippen molar-refractivity contribution >= 4 is 16.6 Å². The quantitative estimate of drug-likeness (QED) is 0.805. The number of aliphatic hydroxyl groups is 1. The molecule has 1 aliphatic carbocycles. The van der Waals surface area contributed by atoms with Crippen molar-refractivity contribution in [2.75, 3.05) is 20.2 Å². The Balaban J connectivity index is 1.38. The molecular weight excluding hydrogens is 354 g/mol. The molecule has 3 saturated heterocycles. The first-order chi connectivity index (χ1) is 13.7. The average Bonchev–Trinajstić information content (AvgIpc) is 2.71. The van der Waals surface area contributed by atoms with Gasteiger partial charge in [0.15, 0.2) is 0 Å². The van der Waals surface area contributed by atoms with E-state index >= 15 is 0 Å². The maximum Gasteiger partial charge on any atom is 0.127 e. The van der Waals surface area contributed by atoms with E-state index in [1.807, 2.05) is 24.3 Å². The standard InChI is InChI=1S/C22H27N3O3/c1-27-16-5-6-19-18(12-16)17(7-9-23-19)22(26)21-11-14-8-10-25(21)13-20(14)24-28-15-3-2-4-15/h5-7,9,12,14-15,21-22,26H,2-4,8,10-11,13H2,1H3/t14-,21-,22+/m0/s1. The Kier molecular flexibility index (Phi) is 4.69. The molecule has 4 heterocycles. The summed E-state index contributed by atoms with van der Waals surface area (Å²) in [6.45, 7) is 1.80. The van der Waals surface area contributed by atoms with Crippen molar-refractivity contribution in [2.45, 2.75) is 50.4 Å². The molecule has 0 amide bonds. The van der Waals surface area contributed by atoms with Gasteiger partial charge in [-0.2, -0.15) is 0 Å². The topological polar surface area (TPSA) is 67.2 Å². The lowest BCUT2D eigenvalue weighted by Gasteiger charge is -2.47. The van der Waals surface area contributed by atoms with Crippen molar-refractivity contribution in [3.63, 3.8) is 0 Å². The summed E-state index contributed by atoms with van der Waals surface area (Å²) in [7, 11) is 1.66. The Bertz CT molecular complexity index is 896. The number of aliphatic hydroxyl groups excluding tert-OH is 1. The zero-order chi connectivity index (χ0) is 19.1. The van der Waals surface area contributed by atoms with Gasteiger partial charge in [0.25, 0.3) is 0 Å².